The molecule has 2 rings (SSSR count). The van der Waals surface area contributed by atoms with Crippen molar-refractivity contribution in [2.75, 3.05) is 32.1 Å². The summed E-state index contributed by atoms with van der Waals surface area (Å²) in [6.45, 7) is 6.33. The number of benzene rings is 1. The molecule has 1 aromatic rings. The number of rotatable bonds is 6. The third-order valence-electron chi connectivity index (χ3n) is 4.33. The summed E-state index contributed by atoms with van der Waals surface area (Å²) in [5, 5.41) is 3.38. The van der Waals surface area contributed by atoms with Gasteiger partial charge in [0.2, 0.25) is 5.91 Å². The van der Waals surface area contributed by atoms with E-state index in [0.29, 0.717) is 13.2 Å². The van der Waals surface area contributed by atoms with Crippen LogP contribution in [0.1, 0.15) is 38.2 Å². The summed E-state index contributed by atoms with van der Waals surface area (Å²) in [6.07, 6.45) is 1.82. The van der Waals surface area contributed by atoms with E-state index in [1.807, 2.05) is 17.0 Å². The minimum atomic E-state index is -0.0340. The Morgan fingerprint density at radius 3 is 2.95 bits per heavy atom. The predicted octanol–water partition coefficient (Wildman–Crippen LogP) is 2.86. The average Bonchev–Trinajstić information content (AvgIpc) is 2.54. The van der Waals surface area contributed by atoms with Crippen molar-refractivity contribution in [2.24, 2.45) is 0 Å². The Labute approximate surface area is 127 Å². The highest BCUT2D eigenvalue weighted by Gasteiger charge is 2.31. The molecule has 1 aromatic carbocycles. The van der Waals surface area contributed by atoms with E-state index >= 15 is 0 Å². The first-order valence-corrected chi connectivity index (χ1v) is 7.81. The van der Waals surface area contributed by atoms with Gasteiger partial charge in [0.05, 0.1) is 12.5 Å². The molecule has 4 nitrogen and oxygen atoms in total. The van der Waals surface area contributed by atoms with Crippen LogP contribution in [0.5, 0.6) is 0 Å². The number of carbonyl (C=O) groups excluding carboxylic acids is 1. The molecule has 21 heavy (non-hydrogen) atoms. The van der Waals surface area contributed by atoms with Gasteiger partial charge in [-0.15, -0.1) is 0 Å². The number of hydrogen-bond acceptors (Lipinski definition) is 3. The molecule has 0 aromatic heterocycles. The fourth-order valence-electron chi connectivity index (χ4n) is 2.88. The highest BCUT2D eigenvalue weighted by atomic mass is 16.5. The number of carbonyl (C=O) groups is 1. The third-order valence-corrected chi connectivity index (χ3v) is 4.33. The molecule has 0 fully saturated rings. The van der Waals surface area contributed by atoms with Crippen LogP contribution in [-0.4, -0.2) is 43.7 Å². The van der Waals surface area contributed by atoms with E-state index in [4.69, 9.17) is 4.74 Å². The minimum Gasteiger partial charge on any atom is -0.385 e. The second kappa shape index (κ2) is 7.46. The lowest BCUT2D eigenvalue weighted by atomic mass is 9.89. The van der Waals surface area contributed by atoms with Crippen molar-refractivity contribution in [2.45, 2.75) is 38.6 Å². The van der Waals surface area contributed by atoms with Gasteiger partial charge in [-0.2, -0.15) is 0 Å². The Morgan fingerprint density at radius 2 is 2.24 bits per heavy atom. The standard InChI is InChI=1S/C17H26N2O2/c1-4-13(2)19(11-12-21-3)17(20)15-9-10-18-16-8-6-5-7-14(15)16/h5-8,13,15,18H,4,9-12H2,1-3H3. The Hall–Kier alpha value is -1.55. The summed E-state index contributed by atoms with van der Waals surface area (Å²) >= 11 is 0. The van der Waals surface area contributed by atoms with Crippen molar-refractivity contribution >= 4 is 11.6 Å². The summed E-state index contributed by atoms with van der Waals surface area (Å²) in [6, 6.07) is 8.38. The number of hydrogen-bond donors (Lipinski definition) is 1. The highest BCUT2D eigenvalue weighted by molar-refractivity contribution is 5.86. The number of fused-ring (bicyclic) bond motifs is 1. The van der Waals surface area contributed by atoms with Crippen LogP contribution in [0, 0.1) is 0 Å². The maximum atomic E-state index is 13.0. The van der Waals surface area contributed by atoms with Crippen LogP contribution >= 0.6 is 0 Å². The van der Waals surface area contributed by atoms with E-state index < -0.39 is 0 Å². The van der Waals surface area contributed by atoms with Crippen molar-refractivity contribution in [3.05, 3.63) is 29.8 Å². The van der Waals surface area contributed by atoms with Crippen LogP contribution < -0.4 is 5.32 Å². The molecule has 1 aliphatic rings. The van der Waals surface area contributed by atoms with E-state index in [1.54, 1.807) is 7.11 Å². The smallest absolute Gasteiger partial charge is 0.230 e. The Balaban J connectivity index is 2.21. The molecule has 2 unspecified atom stereocenters. The van der Waals surface area contributed by atoms with Gasteiger partial charge in [0.15, 0.2) is 0 Å². The first kappa shape index (κ1) is 15.8. The maximum Gasteiger partial charge on any atom is 0.230 e. The minimum absolute atomic E-state index is 0.0340. The zero-order chi connectivity index (χ0) is 15.2. The van der Waals surface area contributed by atoms with E-state index in [0.717, 1.165) is 30.6 Å². The second-order valence-corrected chi connectivity index (χ2v) is 5.64. The third kappa shape index (κ3) is 3.56. The largest absolute Gasteiger partial charge is 0.385 e. The lowest BCUT2D eigenvalue weighted by Crippen LogP contribution is -2.44. The van der Waals surface area contributed by atoms with E-state index in [9.17, 15) is 4.79 Å². The van der Waals surface area contributed by atoms with Crippen molar-refractivity contribution in [3.8, 4) is 0 Å². The molecule has 4 heteroatoms. The number of nitrogens with zero attached hydrogens (tertiary/aromatic N) is 1. The number of nitrogens with one attached hydrogen (secondary N) is 1. The highest BCUT2D eigenvalue weighted by Crippen LogP contribution is 2.33. The van der Waals surface area contributed by atoms with Crippen LogP contribution in [0.4, 0.5) is 5.69 Å². The zero-order valence-corrected chi connectivity index (χ0v) is 13.3. The van der Waals surface area contributed by atoms with Gasteiger partial charge in [-0.3, -0.25) is 4.79 Å². The van der Waals surface area contributed by atoms with Gasteiger partial charge in [-0.1, -0.05) is 25.1 Å². The number of amides is 1. The Kier molecular flexibility index (Phi) is 5.62. The molecule has 116 valence electrons. The molecular weight excluding hydrogens is 264 g/mol. The lowest BCUT2D eigenvalue weighted by Gasteiger charge is -2.34. The molecule has 1 aliphatic heterocycles. The number of anilines is 1. The second-order valence-electron chi connectivity index (χ2n) is 5.64. The topological polar surface area (TPSA) is 41.6 Å². The van der Waals surface area contributed by atoms with Crippen LogP contribution in [-0.2, 0) is 9.53 Å². The molecule has 1 N–H and O–H groups in total. The Morgan fingerprint density at radius 1 is 1.48 bits per heavy atom. The normalized spacial score (nSPS) is 18.5. The van der Waals surface area contributed by atoms with Crippen LogP contribution in [0.2, 0.25) is 0 Å². The van der Waals surface area contributed by atoms with Gasteiger partial charge in [0.1, 0.15) is 0 Å². The zero-order valence-electron chi connectivity index (χ0n) is 13.3. The quantitative estimate of drug-likeness (QED) is 0.876. The van der Waals surface area contributed by atoms with Gasteiger partial charge in [-0.25, -0.2) is 0 Å². The molecule has 1 amide bonds. The average molecular weight is 290 g/mol. The molecule has 0 bridgehead atoms. The van der Waals surface area contributed by atoms with Gasteiger partial charge < -0.3 is 15.0 Å². The van der Waals surface area contributed by atoms with E-state index in [-0.39, 0.29) is 17.9 Å². The molecule has 0 spiro atoms. The monoisotopic (exact) mass is 290 g/mol. The molecule has 0 saturated heterocycles. The fourth-order valence-corrected chi connectivity index (χ4v) is 2.88. The van der Waals surface area contributed by atoms with Crippen molar-refractivity contribution in [1.82, 2.24) is 4.90 Å². The van der Waals surface area contributed by atoms with Crippen LogP contribution in [0.3, 0.4) is 0 Å². The van der Waals surface area contributed by atoms with Crippen LogP contribution in [0.25, 0.3) is 0 Å². The molecule has 0 aliphatic carbocycles. The van der Waals surface area contributed by atoms with Gasteiger partial charge in [0.25, 0.3) is 0 Å². The van der Waals surface area contributed by atoms with E-state index in [1.165, 1.54) is 0 Å². The Bertz CT molecular complexity index is 476. The number of ether oxygens (including phenoxy) is 1. The maximum absolute atomic E-state index is 13.0. The summed E-state index contributed by atoms with van der Waals surface area (Å²) < 4.78 is 5.17. The number of methoxy groups -OCH3 is 1. The van der Waals surface area contributed by atoms with Crippen molar-refractivity contribution in [3.63, 3.8) is 0 Å². The first-order valence-electron chi connectivity index (χ1n) is 7.81. The molecule has 0 radical (unpaired) electrons. The number of para-hydroxylation sites is 1. The van der Waals surface area contributed by atoms with Crippen LogP contribution in [0.15, 0.2) is 24.3 Å². The summed E-state index contributed by atoms with van der Waals surface area (Å²) in [5.41, 5.74) is 2.22. The first-order chi connectivity index (χ1) is 10.2. The summed E-state index contributed by atoms with van der Waals surface area (Å²) in [7, 11) is 1.68. The SMILES string of the molecule is CCC(C)N(CCOC)C(=O)C1CCNc2ccccc21. The molecule has 1 heterocycles. The fraction of sp³-hybridized carbons (Fsp3) is 0.588. The molecular formula is C17H26N2O2. The summed E-state index contributed by atoms with van der Waals surface area (Å²) in [5.74, 6) is 0.198. The lowest BCUT2D eigenvalue weighted by molar-refractivity contribution is -0.135. The van der Waals surface area contributed by atoms with Crippen molar-refractivity contribution in [1.29, 1.82) is 0 Å². The van der Waals surface area contributed by atoms with Gasteiger partial charge in [0, 0.05) is 31.9 Å². The van der Waals surface area contributed by atoms with Gasteiger partial charge >= 0.3 is 0 Å². The summed E-state index contributed by atoms with van der Waals surface area (Å²) in [4.78, 5) is 15.0. The predicted molar refractivity (Wildman–Crippen MR) is 85.6 cm³/mol. The van der Waals surface area contributed by atoms with Crippen molar-refractivity contribution < 1.29 is 9.53 Å². The van der Waals surface area contributed by atoms with E-state index in [2.05, 4.69) is 31.3 Å². The molecule has 0 saturated carbocycles. The molecule has 2 atom stereocenters. The van der Waals surface area contributed by atoms with Gasteiger partial charge in [-0.05, 0) is 31.4 Å².